The number of anilines is 1. The molecule has 1 aromatic rings. The number of thioether (sulfide) groups is 1. The normalized spacial score (nSPS) is 24.2. The number of hydrogen-bond donors (Lipinski definition) is 1. The number of rotatable bonds is 0. The molecule has 3 nitrogen and oxygen atoms in total. The maximum atomic E-state index is 11.1. The Bertz CT molecular complexity index is 380. The number of fused-ring (bicyclic) bond motifs is 3. The molecule has 1 atom stereocenters. The van der Waals surface area contributed by atoms with Crippen molar-refractivity contribution in [3.63, 3.8) is 0 Å². The molecule has 0 aromatic heterocycles. The molecule has 13 heavy (non-hydrogen) atoms. The van der Waals surface area contributed by atoms with E-state index >= 15 is 0 Å². The van der Waals surface area contributed by atoms with Gasteiger partial charge in [-0.25, -0.2) is 0 Å². The smallest absolute Gasteiger partial charge is 0.241 e. The molecule has 1 fully saturated rings. The standard InChI is InChI=1S/C9H8N2OS/c12-8-5-11-6-3-1-2-4-7(6)13-9(11)10-8/h1-4,9H,5H2,(H,10,12). The van der Waals surface area contributed by atoms with Gasteiger partial charge in [0.1, 0.15) is 0 Å². The van der Waals surface area contributed by atoms with Crippen molar-refractivity contribution < 1.29 is 4.79 Å². The number of hydrogen-bond acceptors (Lipinski definition) is 3. The van der Waals surface area contributed by atoms with Gasteiger partial charge in [-0.1, -0.05) is 23.9 Å². The van der Waals surface area contributed by atoms with E-state index in [1.165, 1.54) is 10.6 Å². The molecule has 3 rings (SSSR count). The fourth-order valence-electron chi connectivity index (χ4n) is 1.72. The monoisotopic (exact) mass is 192 g/mol. The van der Waals surface area contributed by atoms with E-state index in [4.69, 9.17) is 0 Å². The highest BCUT2D eigenvalue weighted by atomic mass is 32.2. The van der Waals surface area contributed by atoms with Gasteiger partial charge in [0.2, 0.25) is 5.91 Å². The lowest BCUT2D eigenvalue weighted by molar-refractivity contribution is -0.118. The summed E-state index contributed by atoms with van der Waals surface area (Å²) in [6.07, 6.45) is 0. The second-order valence-electron chi connectivity index (χ2n) is 3.13. The minimum absolute atomic E-state index is 0.118. The van der Waals surface area contributed by atoms with Crippen LogP contribution in [0, 0.1) is 0 Å². The molecule has 0 aliphatic carbocycles. The molecule has 0 spiro atoms. The molecule has 1 amide bonds. The summed E-state index contributed by atoms with van der Waals surface area (Å²) in [5.41, 5.74) is 1.31. The van der Waals surface area contributed by atoms with Gasteiger partial charge in [0.25, 0.3) is 0 Å². The van der Waals surface area contributed by atoms with Gasteiger partial charge in [-0.3, -0.25) is 4.79 Å². The topological polar surface area (TPSA) is 32.3 Å². The Morgan fingerprint density at radius 3 is 3.23 bits per heavy atom. The van der Waals surface area contributed by atoms with Crippen LogP contribution in [0.4, 0.5) is 5.69 Å². The van der Waals surface area contributed by atoms with Crippen LogP contribution in [-0.4, -0.2) is 17.9 Å². The highest BCUT2D eigenvalue weighted by molar-refractivity contribution is 8.00. The summed E-state index contributed by atoms with van der Waals surface area (Å²) < 4.78 is 0. The summed E-state index contributed by atoms with van der Waals surface area (Å²) >= 11 is 1.70. The van der Waals surface area contributed by atoms with E-state index in [1.54, 1.807) is 11.8 Å². The number of para-hydroxylation sites is 1. The first-order valence-electron chi connectivity index (χ1n) is 4.16. The van der Waals surface area contributed by atoms with Gasteiger partial charge in [-0.2, -0.15) is 0 Å². The van der Waals surface area contributed by atoms with Gasteiger partial charge >= 0.3 is 0 Å². The molecule has 2 aliphatic heterocycles. The number of amides is 1. The zero-order valence-corrected chi connectivity index (χ0v) is 7.67. The van der Waals surface area contributed by atoms with Gasteiger partial charge < -0.3 is 10.2 Å². The first kappa shape index (κ1) is 7.26. The van der Waals surface area contributed by atoms with Crippen molar-refractivity contribution in [3.05, 3.63) is 24.3 Å². The highest BCUT2D eigenvalue weighted by Crippen LogP contribution is 2.43. The van der Waals surface area contributed by atoms with Crippen LogP contribution in [0.25, 0.3) is 0 Å². The van der Waals surface area contributed by atoms with Crippen molar-refractivity contribution in [1.29, 1.82) is 0 Å². The van der Waals surface area contributed by atoms with E-state index in [0.29, 0.717) is 6.54 Å². The van der Waals surface area contributed by atoms with Crippen molar-refractivity contribution in [2.24, 2.45) is 0 Å². The molecular weight excluding hydrogens is 184 g/mol. The molecule has 4 heteroatoms. The van der Waals surface area contributed by atoms with Crippen LogP contribution in [0.2, 0.25) is 0 Å². The van der Waals surface area contributed by atoms with Crippen LogP contribution < -0.4 is 10.2 Å². The van der Waals surface area contributed by atoms with Crippen LogP contribution in [0.15, 0.2) is 29.2 Å². The maximum Gasteiger partial charge on any atom is 0.241 e. The lowest BCUT2D eigenvalue weighted by Gasteiger charge is -2.14. The summed E-state index contributed by atoms with van der Waals surface area (Å²) in [5.74, 6) is 0.118. The van der Waals surface area contributed by atoms with E-state index in [9.17, 15) is 4.79 Å². The van der Waals surface area contributed by atoms with Crippen LogP contribution in [0.3, 0.4) is 0 Å². The average Bonchev–Trinajstić information content (AvgIpc) is 2.60. The predicted molar refractivity (Wildman–Crippen MR) is 51.6 cm³/mol. The lowest BCUT2D eigenvalue weighted by Crippen LogP contribution is -2.28. The van der Waals surface area contributed by atoms with Crippen LogP contribution in [-0.2, 0) is 4.79 Å². The van der Waals surface area contributed by atoms with Gasteiger partial charge in [0.15, 0.2) is 5.50 Å². The van der Waals surface area contributed by atoms with Gasteiger partial charge in [-0.15, -0.1) is 0 Å². The predicted octanol–water partition coefficient (Wildman–Crippen LogP) is 1.01. The second kappa shape index (κ2) is 2.42. The van der Waals surface area contributed by atoms with Crippen molar-refractivity contribution in [3.8, 4) is 0 Å². The molecule has 0 radical (unpaired) electrons. The Labute approximate surface area is 80.1 Å². The van der Waals surface area contributed by atoms with E-state index in [0.717, 1.165) is 0 Å². The zero-order valence-electron chi connectivity index (χ0n) is 6.86. The second-order valence-corrected chi connectivity index (χ2v) is 4.26. The number of nitrogens with zero attached hydrogens (tertiary/aromatic N) is 1. The van der Waals surface area contributed by atoms with Crippen LogP contribution >= 0.6 is 11.8 Å². The quantitative estimate of drug-likeness (QED) is 0.666. The van der Waals surface area contributed by atoms with E-state index < -0.39 is 0 Å². The molecule has 2 aliphatic rings. The van der Waals surface area contributed by atoms with Crippen LogP contribution in [0.5, 0.6) is 0 Å². The Kier molecular flexibility index (Phi) is 1.35. The minimum atomic E-state index is 0.118. The largest absolute Gasteiger partial charge is 0.332 e. The molecular formula is C9H8N2OS. The maximum absolute atomic E-state index is 11.1. The fraction of sp³-hybridized carbons (Fsp3) is 0.222. The van der Waals surface area contributed by atoms with Gasteiger partial charge in [0, 0.05) is 4.90 Å². The van der Waals surface area contributed by atoms with Crippen molar-refractivity contribution in [2.75, 3.05) is 11.4 Å². The highest BCUT2D eigenvalue weighted by Gasteiger charge is 2.37. The molecule has 1 N–H and O–H groups in total. The lowest BCUT2D eigenvalue weighted by atomic mass is 10.3. The SMILES string of the molecule is O=C1CN2c3ccccc3SC2N1. The van der Waals surface area contributed by atoms with E-state index in [2.05, 4.69) is 22.3 Å². The summed E-state index contributed by atoms with van der Waals surface area (Å²) in [5, 5.41) is 2.91. The number of carbonyl (C=O) groups excluding carboxylic acids is 1. The Morgan fingerprint density at radius 1 is 1.46 bits per heavy atom. The summed E-state index contributed by atoms with van der Waals surface area (Å²) in [4.78, 5) is 14.5. The van der Waals surface area contributed by atoms with Gasteiger partial charge in [0.05, 0.1) is 12.2 Å². The number of nitrogens with one attached hydrogen (secondary N) is 1. The van der Waals surface area contributed by atoms with Crippen molar-refractivity contribution >= 4 is 23.4 Å². The Hall–Kier alpha value is -1.16. The first-order chi connectivity index (χ1) is 6.34. The third-order valence-electron chi connectivity index (χ3n) is 2.29. The molecule has 1 saturated heterocycles. The average molecular weight is 192 g/mol. The summed E-state index contributed by atoms with van der Waals surface area (Å²) in [6, 6.07) is 8.17. The number of carbonyl (C=O) groups is 1. The molecule has 2 heterocycles. The first-order valence-corrected chi connectivity index (χ1v) is 5.04. The molecule has 0 bridgehead atoms. The van der Waals surface area contributed by atoms with Crippen molar-refractivity contribution in [1.82, 2.24) is 5.32 Å². The Balaban J connectivity index is 2.06. The molecule has 1 aromatic carbocycles. The zero-order chi connectivity index (χ0) is 8.84. The van der Waals surface area contributed by atoms with Crippen LogP contribution in [0.1, 0.15) is 0 Å². The summed E-state index contributed by atoms with van der Waals surface area (Å²) in [6.45, 7) is 0.495. The van der Waals surface area contributed by atoms with Crippen molar-refractivity contribution in [2.45, 2.75) is 10.4 Å². The molecule has 66 valence electrons. The molecule has 1 unspecified atom stereocenters. The third-order valence-corrected chi connectivity index (χ3v) is 3.49. The third kappa shape index (κ3) is 0.951. The number of benzene rings is 1. The van der Waals surface area contributed by atoms with E-state index in [1.807, 2.05) is 12.1 Å². The Morgan fingerprint density at radius 2 is 2.31 bits per heavy atom. The fourth-order valence-corrected chi connectivity index (χ4v) is 2.93. The van der Waals surface area contributed by atoms with Gasteiger partial charge in [-0.05, 0) is 12.1 Å². The minimum Gasteiger partial charge on any atom is -0.332 e. The van der Waals surface area contributed by atoms with E-state index in [-0.39, 0.29) is 11.4 Å². The molecule has 0 saturated carbocycles. The summed E-state index contributed by atoms with van der Waals surface area (Å²) in [7, 11) is 0.